The second kappa shape index (κ2) is 9.72. The molecule has 3 aliphatic rings. The largest absolute Gasteiger partial charge is 0.396 e. The maximum absolute atomic E-state index is 14.3. The molecular formula is C30H32N4O3. The first-order valence-corrected chi connectivity index (χ1v) is 13.1. The topological polar surface area (TPSA) is 78.7 Å². The van der Waals surface area contributed by atoms with E-state index in [1.807, 2.05) is 64.9 Å². The van der Waals surface area contributed by atoms with Crippen molar-refractivity contribution in [2.45, 2.75) is 45.1 Å². The quantitative estimate of drug-likeness (QED) is 0.588. The Morgan fingerprint density at radius 2 is 1.89 bits per heavy atom. The van der Waals surface area contributed by atoms with Crippen molar-refractivity contribution in [3.8, 4) is 0 Å². The molecule has 0 unspecified atom stereocenters. The summed E-state index contributed by atoms with van der Waals surface area (Å²) in [7, 11) is 0. The van der Waals surface area contributed by atoms with Crippen LogP contribution in [0.5, 0.6) is 0 Å². The molecule has 0 saturated carbocycles. The molecule has 1 fully saturated rings. The van der Waals surface area contributed by atoms with Gasteiger partial charge in [0.05, 0.1) is 12.0 Å². The van der Waals surface area contributed by atoms with Crippen LogP contribution in [0.4, 0.5) is 0 Å². The van der Waals surface area contributed by atoms with Crippen LogP contribution in [0.3, 0.4) is 0 Å². The molecule has 1 amide bonds. The number of pyridine rings is 2. The standard InChI is InChI=1S/C30H32N4O3/c1-2-5-22-8-9-25-28-27(30(37)32-15-12-21-6-3-4-7-23(21)17-32)24(19-35)26(18-34(25)29(22)36)33(28)16-20-10-13-31-14-11-20/h2-11,13-14,24,26-28,35H,12,15-19H2,1H3/b5-2-/t24-,26-,27+,28+/m0/s1. The lowest BCUT2D eigenvalue weighted by molar-refractivity contribution is -0.139. The Balaban J connectivity index is 1.42. The van der Waals surface area contributed by atoms with Gasteiger partial charge in [0, 0.05) is 68.4 Å². The zero-order valence-corrected chi connectivity index (χ0v) is 21.0. The Bertz CT molecular complexity index is 1400. The minimum Gasteiger partial charge on any atom is -0.396 e. The highest BCUT2D eigenvalue weighted by Crippen LogP contribution is 2.49. The molecule has 7 heteroatoms. The third-order valence-electron chi connectivity index (χ3n) is 8.39. The molecule has 37 heavy (non-hydrogen) atoms. The zero-order valence-electron chi connectivity index (χ0n) is 21.0. The fourth-order valence-electron chi connectivity index (χ4n) is 6.64. The average molecular weight is 497 g/mol. The van der Waals surface area contributed by atoms with Gasteiger partial charge in [-0.05, 0) is 54.3 Å². The second-order valence-corrected chi connectivity index (χ2v) is 10.3. The maximum atomic E-state index is 14.3. The predicted octanol–water partition coefficient (Wildman–Crippen LogP) is 3.03. The number of hydrogen-bond donors (Lipinski definition) is 1. The number of aliphatic hydroxyl groups excluding tert-OH is 1. The molecular weight excluding hydrogens is 464 g/mol. The SMILES string of the molecule is C/C=C\c1ccc2n(c1=O)C[C@H]1[C@H](CO)[C@@H](C(=O)N3CCc4ccccc4C3)[C@@H]2N1Cc1ccncc1. The third kappa shape index (κ3) is 4.03. The lowest BCUT2D eigenvalue weighted by Crippen LogP contribution is -2.46. The summed E-state index contributed by atoms with van der Waals surface area (Å²) in [5.41, 5.74) is 5.04. The molecule has 2 bridgehead atoms. The van der Waals surface area contributed by atoms with Crippen LogP contribution in [0, 0.1) is 11.8 Å². The van der Waals surface area contributed by atoms with Gasteiger partial charge in [-0.3, -0.25) is 19.5 Å². The molecule has 190 valence electrons. The Kier molecular flexibility index (Phi) is 6.26. The van der Waals surface area contributed by atoms with Gasteiger partial charge in [0.1, 0.15) is 0 Å². The number of carbonyl (C=O) groups is 1. The Labute approximate surface area is 216 Å². The number of rotatable bonds is 5. The number of amides is 1. The molecule has 0 radical (unpaired) electrons. The predicted molar refractivity (Wildman–Crippen MR) is 141 cm³/mol. The molecule has 3 aliphatic heterocycles. The van der Waals surface area contributed by atoms with Crippen LogP contribution in [0.2, 0.25) is 0 Å². The van der Waals surface area contributed by atoms with E-state index < -0.39 is 5.92 Å². The molecule has 2 aromatic heterocycles. The average Bonchev–Trinajstić information content (AvgIpc) is 3.13. The number of fused-ring (bicyclic) bond motifs is 5. The molecule has 7 nitrogen and oxygen atoms in total. The lowest BCUT2D eigenvalue weighted by Gasteiger charge is -2.39. The fourth-order valence-corrected chi connectivity index (χ4v) is 6.64. The van der Waals surface area contributed by atoms with E-state index in [-0.39, 0.29) is 36.1 Å². The highest BCUT2D eigenvalue weighted by Gasteiger charge is 2.56. The van der Waals surface area contributed by atoms with Gasteiger partial charge < -0.3 is 14.6 Å². The van der Waals surface area contributed by atoms with Crippen molar-refractivity contribution in [2.24, 2.45) is 11.8 Å². The van der Waals surface area contributed by atoms with E-state index in [9.17, 15) is 14.7 Å². The summed E-state index contributed by atoms with van der Waals surface area (Å²) < 4.78 is 1.84. The van der Waals surface area contributed by atoms with Gasteiger partial charge in [0.2, 0.25) is 5.91 Å². The van der Waals surface area contributed by atoms with E-state index in [0.717, 1.165) is 17.7 Å². The van der Waals surface area contributed by atoms with Crippen molar-refractivity contribution in [3.05, 3.63) is 105 Å². The summed E-state index contributed by atoms with van der Waals surface area (Å²) in [5, 5.41) is 10.7. The summed E-state index contributed by atoms with van der Waals surface area (Å²) in [6.45, 7) is 4.14. The first-order valence-electron chi connectivity index (χ1n) is 13.1. The van der Waals surface area contributed by atoms with Gasteiger partial charge in [-0.15, -0.1) is 0 Å². The number of aliphatic hydroxyl groups is 1. The van der Waals surface area contributed by atoms with Crippen molar-refractivity contribution >= 4 is 12.0 Å². The van der Waals surface area contributed by atoms with Gasteiger partial charge in [0.15, 0.2) is 0 Å². The Hall–Kier alpha value is -3.55. The van der Waals surface area contributed by atoms with E-state index in [2.05, 4.69) is 22.0 Å². The summed E-state index contributed by atoms with van der Waals surface area (Å²) >= 11 is 0. The van der Waals surface area contributed by atoms with Crippen LogP contribution in [-0.4, -0.2) is 49.6 Å². The molecule has 1 aromatic carbocycles. The highest BCUT2D eigenvalue weighted by atomic mass is 16.3. The molecule has 1 N–H and O–H groups in total. The minimum absolute atomic E-state index is 0.0363. The van der Waals surface area contributed by atoms with Crippen molar-refractivity contribution < 1.29 is 9.90 Å². The van der Waals surface area contributed by atoms with Gasteiger partial charge in [0.25, 0.3) is 5.56 Å². The van der Waals surface area contributed by atoms with Crippen molar-refractivity contribution in [1.29, 1.82) is 0 Å². The van der Waals surface area contributed by atoms with Crippen LogP contribution in [0.1, 0.15) is 40.9 Å². The smallest absolute Gasteiger partial charge is 0.258 e. The minimum atomic E-state index is -0.428. The fraction of sp³-hybridized carbons (Fsp3) is 0.367. The van der Waals surface area contributed by atoms with Crippen molar-refractivity contribution in [1.82, 2.24) is 19.4 Å². The van der Waals surface area contributed by atoms with Crippen LogP contribution in [-0.2, 0) is 30.8 Å². The van der Waals surface area contributed by atoms with E-state index in [0.29, 0.717) is 31.7 Å². The van der Waals surface area contributed by atoms with Crippen LogP contribution < -0.4 is 5.56 Å². The van der Waals surface area contributed by atoms with Crippen molar-refractivity contribution in [3.63, 3.8) is 0 Å². The number of allylic oxidation sites excluding steroid dienone is 1. The highest BCUT2D eigenvalue weighted by molar-refractivity contribution is 5.81. The number of aromatic nitrogens is 2. The van der Waals surface area contributed by atoms with E-state index in [1.54, 1.807) is 12.4 Å². The molecule has 5 heterocycles. The van der Waals surface area contributed by atoms with Gasteiger partial charge in [-0.1, -0.05) is 36.4 Å². The Morgan fingerprint density at radius 3 is 2.65 bits per heavy atom. The summed E-state index contributed by atoms with van der Waals surface area (Å²) in [4.78, 5) is 36.1. The number of hydrogen-bond acceptors (Lipinski definition) is 5. The number of nitrogens with zero attached hydrogens (tertiary/aromatic N) is 4. The number of benzene rings is 1. The normalized spacial score (nSPS) is 24.8. The third-order valence-corrected chi connectivity index (χ3v) is 8.39. The van der Waals surface area contributed by atoms with Crippen molar-refractivity contribution in [2.75, 3.05) is 13.2 Å². The molecule has 4 atom stereocenters. The summed E-state index contributed by atoms with van der Waals surface area (Å²) in [6, 6.07) is 15.7. The van der Waals surface area contributed by atoms with Crippen LogP contribution in [0.25, 0.3) is 6.08 Å². The molecule has 3 aromatic rings. The van der Waals surface area contributed by atoms with E-state index >= 15 is 0 Å². The Morgan fingerprint density at radius 1 is 1.11 bits per heavy atom. The first kappa shape index (κ1) is 23.8. The van der Waals surface area contributed by atoms with E-state index in [4.69, 9.17) is 0 Å². The number of carbonyl (C=O) groups excluding carboxylic acids is 1. The monoisotopic (exact) mass is 496 g/mol. The second-order valence-electron chi connectivity index (χ2n) is 10.3. The summed E-state index contributed by atoms with van der Waals surface area (Å²) in [5.74, 6) is -0.622. The van der Waals surface area contributed by atoms with E-state index in [1.165, 1.54) is 11.1 Å². The summed E-state index contributed by atoms with van der Waals surface area (Å²) in [6.07, 6.45) is 8.09. The molecule has 6 rings (SSSR count). The van der Waals surface area contributed by atoms with Gasteiger partial charge >= 0.3 is 0 Å². The zero-order chi connectivity index (χ0) is 25.5. The first-order chi connectivity index (χ1) is 18.1. The molecule has 1 saturated heterocycles. The maximum Gasteiger partial charge on any atom is 0.258 e. The van der Waals surface area contributed by atoms with Gasteiger partial charge in [-0.2, -0.15) is 0 Å². The van der Waals surface area contributed by atoms with Crippen LogP contribution >= 0.6 is 0 Å². The van der Waals surface area contributed by atoms with Gasteiger partial charge in [-0.25, -0.2) is 0 Å². The lowest BCUT2D eigenvalue weighted by atomic mass is 9.85. The molecule has 0 aliphatic carbocycles. The molecule has 0 spiro atoms. The van der Waals surface area contributed by atoms with Crippen LogP contribution in [0.15, 0.2) is 71.8 Å².